The zero-order valence-corrected chi connectivity index (χ0v) is 27.7. The number of hydrogen-bond donors (Lipinski definition) is 2. The van der Waals surface area contributed by atoms with E-state index in [2.05, 4.69) is 10.2 Å². The number of alkyl halides is 6. The van der Waals surface area contributed by atoms with Crippen LogP contribution in [0.5, 0.6) is 0 Å². The Morgan fingerprint density at radius 3 is 1.09 bits per heavy atom. The van der Waals surface area contributed by atoms with Crippen molar-refractivity contribution in [3.8, 4) is 0 Å². The Kier molecular flexibility index (Phi) is 11.3. The maximum Gasteiger partial charge on any atom is 0.436 e. The number of aromatic nitrogens is 6. The molecule has 0 amide bonds. The molecule has 0 saturated carbocycles. The highest BCUT2D eigenvalue weighted by atomic mass is 19.4. The molecule has 0 bridgehead atoms. The van der Waals surface area contributed by atoms with Crippen LogP contribution in [0.1, 0.15) is 54.4 Å². The molecule has 6 aromatic rings. The lowest BCUT2D eigenvalue weighted by Crippen LogP contribution is -2.18. The van der Waals surface area contributed by atoms with Crippen molar-refractivity contribution in [2.75, 3.05) is 0 Å². The van der Waals surface area contributed by atoms with Crippen LogP contribution in [0.15, 0.2) is 119 Å². The molecule has 4 heterocycles. The lowest BCUT2D eigenvalue weighted by atomic mass is 10.1. The van der Waals surface area contributed by atoms with Crippen molar-refractivity contribution in [3.05, 3.63) is 175 Å². The quantitative estimate of drug-likeness (QED) is 0.169. The predicted octanol–water partition coefficient (Wildman–Crippen LogP) is 5.72. The molecule has 12 nitrogen and oxygen atoms in total. The Bertz CT molecular complexity index is 2210. The summed E-state index contributed by atoms with van der Waals surface area (Å²) in [5.74, 6) is -3.37. The Labute approximate surface area is 300 Å². The first-order valence-corrected chi connectivity index (χ1v) is 15.7. The van der Waals surface area contributed by atoms with E-state index in [0.29, 0.717) is 24.2 Å². The standard InChI is InChI=1S/2C18H14F3N3O3/c2*19-18(20,21)16-14(17(26)27)11-24(22-16)10-13-6-4-12(5-7-13)9-23-8-2-1-3-15(23)25/h2*1-8,11H,9-10H2,(H,26,27). The molecule has 0 aliphatic rings. The van der Waals surface area contributed by atoms with Crippen LogP contribution in [0, 0.1) is 0 Å². The first-order valence-electron chi connectivity index (χ1n) is 15.7. The van der Waals surface area contributed by atoms with Crippen molar-refractivity contribution in [3.63, 3.8) is 0 Å². The number of aromatic carboxylic acids is 2. The molecule has 280 valence electrons. The van der Waals surface area contributed by atoms with Gasteiger partial charge in [-0.05, 0) is 34.4 Å². The van der Waals surface area contributed by atoms with Crippen LogP contribution in [-0.2, 0) is 38.5 Å². The predicted molar refractivity (Wildman–Crippen MR) is 179 cm³/mol. The number of carboxylic acid groups (broad SMARTS) is 2. The first kappa shape index (κ1) is 38.5. The molecule has 2 N–H and O–H groups in total. The van der Waals surface area contributed by atoms with Gasteiger partial charge in [-0.15, -0.1) is 0 Å². The molecular formula is C36H28F6N6O6. The minimum atomic E-state index is -4.84. The summed E-state index contributed by atoms with van der Waals surface area (Å²) >= 11 is 0. The fourth-order valence-corrected chi connectivity index (χ4v) is 5.19. The average Bonchev–Trinajstić information content (AvgIpc) is 3.75. The highest BCUT2D eigenvalue weighted by Gasteiger charge is 2.40. The van der Waals surface area contributed by atoms with E-state index in [0.717, 1.165) is 32.9 Å². The van der Waals surface area contributed by atoms with Crippen LogP contribution in [0.4, 0.5) is 26.3 Å². The van der Waals surface area contributed by atoms with Crippen molar-refractivity contribution in [1.29, 1.82) is 0 Å². The third kappa shape index (κ3) is 9.78. The molecule has 2 aromatic carbocycles. The van der Waals surface area contributed by atoms with E-state index in [-0.39, 0.29) is 24.2 Å². The molecule has 0 unspecified atom stereocenters. The van der Waals surface area contributed by atoms with Gasteiger partial charge < -0.3 is 19.3 Å². The molecule has 0 atom stereocenters. The minimum absolute atomic E-state index is 0.0120. The van der Waals surface area contributed by atoms with Gasteiger partial charge in [-0.1, -0.05) is 60.7 Å². The summed E-state index contributed by atoms with van der Waals surface area (Å²) in [6.45, 7) is 0.704. The Morgan fingerprint density at radius 1 is 0.519 bits per heavy atom. The van der Waals surface area contributed by atoms with E-state index in [1.807, 2.05) is 0 Å². The van der Waals surface area contributed by atoms with Gasteiger partial charge in [0, 0.05) is 36.9 Å². The number of hydrogen-bond acceptors (Lipinski definition) is 6. The van der Waals surface area contributed by atoms with Crippen molar-refractivity contribution in [2.45, 2.75) is 38.5 Å². The number of benzene rings is 2. The van der Waals surface area contributed by atoms with Crippen molar-refractivity contribution in [2.24, 2.45) is 0 Å². The number of carboxylic acids is 2. The molecule has 0 radical (unpaired) electrons. The highest BCUT2D eigenvalue weighted by Crippen LogP contribution is 2.32. The van der Waals surface area contributed by atoms with Gasteiger partial charge in [-0.3, -0.25) is 19.0 Å². The zero-order chi connectivity index (χ0) is 39.2. The summed E-state index contributed by atoms with van der Waals surface area (Å²) in [5, 5.41) is 24.6. The molecule has 0 saturated heterocycles. The minimum Gasteiger partial charge on any atom is -0.478 e. The van der Waals surface area contributed by atoms with Crippen LogP contribution < -0.4 is 11.1 Å². The van der Waals surface area contributed by atoms with Crippen LogP contribution in [0.3, 0.4) is 0 Å². The largest absolute Gasteiger partial charge is 0.478 e. The van der Waals surface area contributed by atoms with Gasteiger partial charge in [0.25, 0.3) is 11.1 Å². The molecule has 54 heavy (non-hydrogen) atoms. The second-order valence-electron chi connectivity index (χ2n) is 11.8. The summed E-state index contributed by atoms with van der Waals surface area (Å²) in [7, 11) is 0. The van der Waals surface area contributed by atoms with Gasteiger partial charge in [0.1, 0.15) is 11.1 Å². The highest BCUT2D eigenvalue weighted by molar-refractivity contribution is 5.89. The molecule has 6 rings (SSSR count). The summed E-state index contributed by atoms with van der Waals surface area (Å²) in [4.78, 5) is 45.4. The van der Waals surface area contributed by atoms with Crippen LogP contribution >= 0.6 is 0 Å². The number of carbonyl (C=O) groups is 2. The van der Waals surface area contributed by atoms with Gasteiger partial charge in [-0.25, -0.2) is 9.59 Å². The fourth-order valence-electron chi connectivity index (χ4n) is 5.19. The number of halogens is 6. The SMILES string of the molecule is O=C(O)c1cn(Cc2ccc(Cn3ccccc3=O)cc2)nc1C(F)(F)F.O=C(O)c1cn(Cc2ccc(Cn3ccccc3=O)cc2)nc1C(F)(F)F. The molecule has 18 heteroatoms. The van der Waals surface area contributed by atoms with Crippen molar-refractivity contribution < 1.29 is 46.1 Å². The van der Waals surface area contributed by atoms with Gasteiger partial charge in [-0.2, -0.15) is 36.5 Å². The Hall–Kier alpha value is -6.72. The lowest BCUT2D eigenvalue weighted by Gasteiger charge is -2.07. The average molecular weight is 755 g/mol. The molecule has 0 spiro atoms. The maximum absolute atomic E-state index is 12.9. The van der Waals surface area contributed by atoms with Gasteiger partial charge in [0.15, 0.2) is 11.4 Å². The molecule has 0 aliphatic carbocycles. The van der Waals surface area contributed by atoms with Crippen molar-refractivity contribution >= 4 is 11.9 Å². The van der Waals surface area contributed by atoms with E-state index in [1.165, 1.54) is 21.3 Å². The normalized spacial score (nSPS) is 11.5. The second-order valence-corrected chi connectivity index (χ2v) is 11.8. The molecule has 4 aromatic heterocycles. The van der Waals surface area contributed by atoms with E-state index < -0.39 is 46.8 Å². The summed E-state index contributed by atoms with van der Waals surface area (Å²) < 4.78 is 82.3. The van der Waals surface area contributed by atoms with E-state index in [1.54, 1.807) is 85.2 Å². The fraction of sp³-hybridized carbons (Fsp3) is 0.167. The van der Waals surface area contributed by atoms with Crippen LogP contribution in [-0.4, -0.2) is 50.8 Å². The first-order chi connectivity index (χ1) is 25.5. The zero-order valence-electron chi connectivity index (χ0n) is 27.7. The summed E-state index contributed by atoms with van der Waals surface area (Å²) in [6.07, 6.45) is -4.64. The van der Waals surface area contributed by atoms with Gasteiger partial charge in [0.05, 0.1) is 26.2 Å². The molecular weight excluding hydrogens is 726 g/mol. The number of nitrogens with zero attached hydrogens (tertiary/aromatic N) is 6. The van der Waals surface area contributed by atoms with E-state index >= 15 is 0 Å². The smallest absolute Gasteiger partial charge is 0.436 e. The Morgan fingerprint density at radius 2 is 0.833 bits per heavy atom. The Balaban J connectivity index is 0.000000208. The van der Waals surface area contributed by atoms with Gasteiger partial charge in [0.2, 0.25) is 0 Å². The summed E-state index contributed by atoms with van der Waals surface area (Å²) in [6, 6.07) is 23.4. The van der Waals surface area contributed by atoms with Gasteiger partial charge >= 0.3 is 24.3 Å². The third-order valence-corrected chi connectivity index (χ3v) is 7.76. The molecule has 0 fully saturated rings. The maximum atomic E-state index is 12.9. The topological polar surface area (TPSA) is 154 Å². The lowest BCUT2D eigenvalue weighted by molar-refractivity contribution is -0.142. The van der Waals surface area contributed by atoms with E-state index in [4.69, 9.17) is 10.2 Å². The third-order valence-electron chi connectivity index (χ3n) is 7.76. The van der Waals surface area contributed by atoms with Crippen LogP contribution in [0.2, 0.25) is 0 Å². The van der Waals surface area contributed by atoms with E-state index in [9.17, 15) is 45.5 Å². The number of pyridine rings is 2. The summed E-state index contributed by atoms with van der Waals surface area (Å²) in [5.41, 5.74) is -1.92. The van der Waals surface area contributed by atoms with Crippen molar-refractivity contribution in [1.82, 2.24) is 28.7 Å². The second kappa shape index (κ2) is 15.9. The van der Waals surface area contributed by atoms with Crippen LogP contribution in [0.25, 0.3) is 0 Å². The monoisotopic (exact) mass is 754 g/mol. The number of rotatable bonds is 10. The molecule has 0 aliphatic heterocycles.